The van der Waals surface area contributed by atoms with Crippen molar-refractivity contribution >= 4 is 75.7 Å². The summed E-state index contributed by atoms with van der Waals surface area (Å²) in [7, 11) is 0. The third-order valence-electron chi connectivity index (χ3n) is 12.8. The number of benzene rings is 11. The van der Waals surface area contributed by atoms with Gasteiger partial charge in [-0.05, 0) is 72.9 Å². The van der Waals surface area contributed by atoms with Crippen LogP contribution in [0.4, 0.5) is 0 Å². The lowest BCUT2D eigenvalue weighted by Crippen LogP contribution is -2.04. The van der Waals surface area contributed by atoms with Gasteiger partial charge < -0.3 is 4.57 Å². The van der Waals surface area contributed by atoms with E-state index in [2.05, 4.69) is 205 Å². The fourth-order valence-electron chi connectivity index (χ4n) is 9.81. The van der Waals surface area contributed by atoms with Gasteiger partial charge in [-0.25, -0.2) is 15.0 Å². The summed E-state index contributed by atoms with van der Waals surface area (Å²) in [5.41, 5.74) is 8.49. The van der Waals surface area contributed by atoms with Crippen molar-refractivity contribution in [1.29, 1.82) is 0 Å². The van der Waals surface area contributed by atoms with E-state index >= 15 is 0 Å². The molecule has 0 fully saturated rings. The Kier molecular flexibility index (Phi) is 7.87. The van der Waals surface area contributed by atoms with Crippen LogP contribution in [0.25, 0.3) is 127 Å². The summed E-state index contributed by atoms with van der Waals surface area (Å²) >= 11 is 0. The number of hydrogen-bond donors (Lipinski definition) is 0. The molecule has 63 heavy (non-hydrogen) atoms. The first-order valence-electron chi connectivity index (χ1n) is 21.4. The Morgan fingerprint density at radius 1 is 0.270 bits per heavy atom. The molecule has 4 heteroatoms. The summed E-state index contributed by atoms with van der Waals surface area (Å²) in [6.07, 6.45) is 0. The molecule has 0 aliphatic rings. The minimum Gasteiger partial charge on any atom is -0.307 e. The van der Waals surface area contributed by atoms with E-state index in [0.29, 0.717) is 17.5 Å². The van der Waals surface area contributed by atoms with E-state index in [4.69, 9.17) is 15.0 Å². The first kappa shape index (κ1) is 35.3. The third-order valence-corrected chi connectivity index (χ3v) is 12.8. The lowest BCUT2D eigenvalue weighted by Gasteiger charge is -2.21. The highest BCUT2D eigenvalue weighted by Crippen LogP contribution is 2.46. The molecule has 13 aromatic rings. The van der Waals surface area contributed by atoms with Crippen molar-refractivity contribution in [2.24, 2.45) is 0 Å². The van der Waals surface area contributed by atoms with E-state index in [9.17, 15) is 0 Å². The minimum atomic E-state index is 0.621. The van der Waals surface area contributed by atoms with Crippen LogP contribution in [-0.4, -0.2) is 19.5 Å². The van der Waals surface area contributed by atoms with Crippen molar-refractivity contribution < 1.29 is 0 Å². The van der Waals surface area contributed by atoms with Gasteiger partial charge >= 0.3 is 0 Å². The second-order valence-corrected chi connectivity index (χ2v) is 16.4. The number of fused-ring (bicyclic) bond motifs is 9. The maximum absolute atomic E-state index is 5.42. The number of rotatable bonds is 5. The molecular formula is C59H36N4. The molecule has 0 unspecified atom stereocenters. The Hall–Kier alpha value is -8.47. The SMILES string of the molecule is c1ccc(-c2nc(-c3cccc4ccccc34)nc(-c3cc(-c4ccc5ccccc5c4)c(-n4c5cc6ccccc6cc5c5ccc6ccccc6c54)c4ccccc34)n2)cc1. The molecule has 11 aromatic carbocycles. The first-order valence-corrected chi connectivity index (χ1v) is 21.4. The van der Waals surface area contributed by atoms with E-state index in [-0.39, 0.29) is 0 Å². The molecular weight excluding hydrogens is 765 g/mol. The predicted octanol–water partition coefficient (Wildman–Crippen LogP) is 15.4. The van der Waals surface area contributed by atoms with Crippen LogP contribution in [-0.2, 0) is 0 Å². The standard InChI is InChI=1S/C59H36N4/c1-2-18-40(19-3-1)57-60-58(50-28-14-23-38-16-8-10-24-45(38)50)62-59(61-57)53-36-51(44-30-29-37-15-4-5-20-41(37)33-44)56(48-27-13-12-26-47(48)53)63-54-35-43-22-7-6-21-42(43)34-52(54)49-32-31-39-17-9-11-25-46(39)55(49)63/h1-36H. The largest absolute Gasteiger partial charge is 0.307 e. The molecule has 292 valence electrons. The molecule has 0 aliphatic heterocycles. The Balaban J connectivity index is 1.19. The Labute approximate surface area is 363 Å². The number of aromatic nitrogens is 4. The number of hydrogen-bond acceptors (Lipinski definition) is 3. The molecule has 0 saturated carbocycles. The summed E-state index contributed by atoms with van der Waals surface area (Å²) in [5.74, 6) is 1.89. The van der Waals surface area contributed by atoms with Gasteiger partial charge in [0.25, 0.3) is 0 Å². The lowest BCUT2D eigenvalue weighted by atomic mass is 9.92. The lowest BCUT2D eigenvalue weighted by molar-refractivity contribution is 1.08. The first-order chi connectivity index (χ1) is 31.2. The topological polar surface area (TPSA) is 43.6 Å². The average Bonchev–Trinajstić information content (AvgIpc) is 3.67. The van der Waals surface area contributed by atoms with Crippen LogP contribution in [0.3, 0.4) is 0 Å². The maximum atomic E-state index is 5.42. The van der Waals surface area contributed by atoms with E-state index in [1.54, 1.807) is 0 Å². The van der Waals surface area contributed by atoms with Gasteiger partial charge in [0.15, 0.2) is 17.5 Å². The van der Waals surface area contributed by atoms with E-state index in [1.807, 2.05) is 18.2 Å². The molecule has 2 heterocycles. The van der Waals surface area contributed by atoms with E-state index < -0.39 is 0 Å². The van der Waals surface area contributed by atoms with Crippen LogP contribution < -0.4 is 0 Å². The second-order valence-electron chi connectivity index (χ2n) is 16.4. The normalized spacial score (nSPS) is 11.8. The molecule has 0 bridgehead atoms. The number of nitrogens with zero attached hydrogens (tertiary/aromatic N) is 4. The van der Waals surface area contributed by atoms with Crippen molar-refractivity contribution in [1.82, 2.24) is 19.5 Å². The molecule has 0 amide bonds. The smallest absolute Gasteiger partial charge is 0.164 e. The van der Waals surface area contributed by atoms with Gasteiger partial charge in [-0.1, -0.05) is 194 Å². The minimum absolute atomic E-state index is 0.621. The van der Waals surface area contributed by atoms with Crippen molar-refractivity contribution in [3.8, 4) is 51.0 Å². The van der Waals surface area contributed by atoms with Crippen molar-refractivity contribution in [3.63, 3.8) is 0 Å². The third kappa shape index (κ3) is 5.66. The molecule has 4 nitrogen and oxygen atoms in total. The fraction of sp³-hybridized carbons (Fsp3) is 0. The highest BCUT2D eigenvalue weighted by Gasteiger charge is 2.24. The van der Waals surface area contributed by atoms with Gasteiger partial charge in [0, 0.05) is 43.8 Å². The van der Waals surface area contributed by atoms with Crippen molar-refractivity contribution in [2.45, 2.75) is 0 Å². The second kappa shape index (κ2) is 14.1. The summed E-state index contributed by atoms with van der Waals surface area (Å²) in [6, 6.07) is 78.4. The summed E-state index contributed by atoms with van der Waals surface area (Å²) in [6.45, 7) is 0. The Bertz CT molecular complexity index is 3970. The van der Waals surface area contributed by atoms with Crippen molar-refractivity contribution in [2.75, 3.05) is 0 Å². The molecule has 0 spiro atoms. The van der Waals surface area contributed by atoms with Crippen LogP contribution in [0, 0.1) is 0 Å². The zero-order chi connectivity index (χ0) is 41.4. The summed E-state index contributed by atoms with van der Waals surface area (Å²) < 4.78 is 2.54. The molecule has 0 radical (unpaired) electrons. The fourth-order valence-corrected chi connectivity index (χ4v) is 9.81. The molecule has 0 saturated heterocycles. The Morgan fingerprint density at radius 3 is 1.60 bits per heavy atom. The van der Waals surface area contributed by atoms with E-state index in [1.165, 1.54) is 48.6 Å². The zero-order valence-electron chi connectivity index (χ0n) is 34.1. The van der Waals surface area contributed by atoms with Crippen LogP contribution in [0.1, 0.15) is 0 Å². The maximum Gasteiger partial charge on any atom is 0.164 e. The average molecular weight is 801 g/mol. The van der Waals surface area contributed by atoms with Crippen LogP contribution in [0.15, 0.2) is 218 Å². The molecule has 0 atom stereocenters. The van der Waals surface area contributed by atoms with Crippen LogP contribution in [0.2, 0.25) is 0 Å². The quantitative estimate of drug-likeness (QED) is 0.174. The van der Waals surface area contributed by atoms with Gasteiger partial charge in [-0.15, -0.1) is 0 Å². The summed E-state index contributed by atoms with van der Waals surface area (Å²) in [5, 5.41) is 14.0. The van der Waals surface area contributed by atoms with Gasteiger partial charge in [-0.2, -0.15) is 0 Å². The highest BCUT2D eigenvalue weighted by atomic mass is 15.0. The van der Waals surface area contributed by atoms with E-state index in [0.717, 1.165) is 60.6 Å². The summed E-state index contributed by atoms with van der Waals surface area (Å²) in [4.78, 5) is 16.0. The van der Waals surface area contributed by atoms with Gasteiger partial charge in [0.05, 0.1) is 16.7 Å². The monoisotopic (exact) mass is 800 g/mol. The molecule has 0 aliphatic carbocycles. The van der Waals surface area contributed by atoms with Crippen LogP contribution in [0.5, 0.6) is 0 Å². The molecule has 2 aromatic heterocycles. The Morgan fingerprint density at radius 2 is 0.825 bits per heavy atom. The van der Waals surface area contributed by atoms with Gasteiger partial charge in [-0.3, -0.25) is 0 Å². The predicted molar refractivity (Wildman–Crippen MR) is 263 cm³/mol. The van der Waals surface area contributed by atoms with Crippen molar-refractivity contribution in [3.05, 3.63) is 218 Å². The highest BCUT2D eigenvalue weighted by molar-refractivity contribution is 6.22. The molecule has 0 N–H and O–H groups in total. The van der Waals surface area contributed by atoms with Gasteiger partial charge in [0.2, 0.25) is 0 Å². The zero-order valence-corrected chi connectivity index (χ0v) is 34.1. The molecule has 13 rings (SSSR count). The van der Waals surface area contributed by atoms with Gasteiger partial charge in [0.1, 0.15) is 0 Å². The van der Waals surface area contributed by atoms with Crippen LogP contribution >= 0.6 is 0 Å².